The van der Waals surface area contributed by atoms with Crippen LogP contribution >= 0.6 is 0 Å². The Kier molecular flexibility index (Phi) is 9.32. The number of ether oxygens (including phenoxy) is 1. The predicted molar refractivity (Wildman–Crippen MR) is 115 cm³/mol. The number of hydrogen-bond donors (Lipinski definition) is 0. The summed E-state index contributed by atoms with van der Waals surface area (Å²) in [5, 5.41) is 25.6. The van der Waals surface area contributed by atoms with Gasteiger partial charge in [0, 0.05) is 0 Å². The van der Waals surface area contributed by atoms with Gasteiger partial charge in [-0.25, -0.2) is 0 Å². The van der Waals surface area contributed by atoms with E-state index in [4.69, 9.17) is 4.74 Å². The Bertz CT molecular complexity index is 1280. The number of unbranched alkanes of at least 4 members (excludes halogenated alkanes) is 1. The van der Waals surface area contributed by atoms with Gasteiger partial charge in [0.2, 0.25) is 0 Å². The molecule has 2 aromatic rings. The smallest absolute Gasteiger partial charge is 0.416 e. The number of alkyl halides is 6. The van der Waals surface area contributed by atoms with Crippen molar-refractivity contribution in [3.8, 4) is 12.1 Å². The molecule has 0 aliphatic carbocycles. The fourth-order valence-electron chi connectivity index (χ4n) is 2.77. The molecule has 0 unspecified atom stereocenters. The Morgan fingerprint density at radius 3 is 2.05 bits per heavy atom. The quantitative estimate of drug-likeness (QED) is 0.101. The summed E-state index contributed by atoms with van der Waals surface area (Å²) in [5.74, 6) is -2.34. The lowest BCUT2D eigenvalue weighted by Crippen LogP contribution is -2.29. The summed E-state index contributed by atoms with van der Waals surface area (Å²) >= 11 is 0. The number of anilines is 1. The number of amides is 1. The highest BCUT2D eigenvalue weighted by atomic mass is 19.4. The van der Waals surface area contributed by atoms with Gasteiger partial charge in [0.1, 0.15) is 24.2 Å². The van der Waals surface area contributed by atoms with Crippen LogP contribution in [0.3, 0.4) is 0 Å². The van der Waals surface area contributed by atoms with Gasteiger partial charge in [-0.15, -0.1) is 5.11 Å². The summed E-state index contributed by atoms with van der Waals surface area (Å²) in [4.78, 5) is 24.9. The molecule has 0 saturated heterocycles. The number of carbonyl (C=O) groups is 2. The molecule has 0 radical (unpaired) electrons. The maximum absolute atomic E-state index is 13.3. The van der Waals surface area contributed by atoms with Crippen LogP contribution in [0.25, 0.3) is 0 Å². The molecule has 0 aliphatic heterocycles. The molecule has 8 nitrogen and oxygen atoms in total. The molecule has 194 valence electrons. The summed E-state index contributed by atoms with van der Waals surface area (Å²) in [6.45, 7) is 1.77. The number of nitrogens with zero attached hydrogens (tertiary/aromatic N) is 5. The topological polar surface area (TPSA) is 119 Å². The highest BCUT2D eigenvalue weighted by Gasteiger charge is 2.33. The van der Waals surface area contributed by atoms with Crippen LogP contribution in [-0.4, -0.2) is 18.5 Å². The van der Waals surface area contributed by atoms with Crippen LogP contribution in [0.5, 0.6) is 0 Å². The summed E-state index contributed by atoms with van der Waals surface area (Å²) in [6.07, 6.45) is -9.62. The SMILES string of the molecule is CCCCOC(=O)CC(=O)N(/N=N\c1cc(C(F)(F)F)ccc1C#N)c1cc(C(F)(F)F)ccc1C#N. The molecule has 1 amide bonds. The number of nitriles is 2. The van der Waals surface area contributed by atoms with E-state index in [9.17, 15) is 46.5 Å². The second kappa shape index (κ2) is 12.0. The van der Waals surface area contributed by atoms with Crippen molar-refractivity contribution in [1.82, 2.24) is 0 Å². The normalized spacial score (nSPS) is 11.6. The second-order valence-corrected chi connectivity index (χ2v) is 7.33. The minimum absolute atomic E-state index is 0.0348. The van der Waals surface area contributed by atoms with Crippen LogP contribution in [0.2, 0.25) is 0 Å². The van der Waals surface area contributed by atoms with Gasteiger partial charge in [0.05, 0.1) is 34.5 Å². The van der Waals surface area contributed by atoms with Crippen molar-refractivity contribution in [1.29, 1.82) is 10.5 Å². The number of halogens is 6. The zero-order valence-electron chi connectivity index (χ0n) is 19.0. The van der Waals surface area contributed by atoms with Gasteiger partial charge >= 0.3 is 18.3 Å². The van der Waals surface area contributed by atoms with Crippen LogP contribution in [0, 0.1) is 22.7 Å². The van der Waals surface area contributed by atoms with E-state index in [0.29, 0.717) is 37.1 Å². The summed E-state index contributed by atoms with van der Waals surface area (Å²) < 4.78 is 84.1. The lowest BCUT2D eigenvalue weighted by atomic mass is 10.1. The second-order valence-electron chi connectivity index (χ2n) is 7.33. The number of benzene rings is 2. The highest BCUT2D eigenvalue weighted by Crippen LogP contribution is 2.35. The third-order valence-corrected chi connectivity index (χ3v) is 4.65. The molecule has 0 aromatic heterocycles. The maximum Gasteiger partial charge on any atom is 0.416 e. The van der Waals surface area contributed by atoms with Crippen molar-refractivity contribution in [2.45, 2.75) is 38.5 Å². The van der Waals surface area contributed by atoms with Crippen molar-refractivity contribution < 1.29 is 40.7 Å². The molecule has 2 rings (SSSR count). The van der Waals surface area contributed by atoms with E-state index in [2.05, 4.69) is 10.3 Å². The minimum atomic E-state index is -4.90. The highest BCUT2D eigenvalue weighted by molar-refractivity contribution is 6.03. The third kappa shape index (κ3) is 7.76. The number of carbonyl (C=O) groups excluding carboxylic acids is 2. The summed E-state index contributed by atoms with van der Waals surface area (Å²) in [6, 6.07) is 6.71. The van der Waals surface area contributed by atoms with E-state index in [1.54, 1.807) is 19.1 Å². The van der Waals surface area contributed by atoms with Crippen LogP contribution in [0.1, 0.15) is 48.4 Å². The zero-order valence-corrected chi connectivity index (χ0v) is 19.0. The first-order valence-corrected chi connectivity index (χ1v) is 10.4. The van der Waals surface area contributed by atoms with Crippen molar-refractivity contribution in [3.63, 3.8) is 0 Å². The average molecular weight is 525 g/mol. The predicted octanol–water partition coefficient (Wildman–Crippen LogP) is 6.23. The van der Waals surface area contributed by atoms with Gasteiger partial charge < -0.3 is 4.74 Å². The van der Waals surface area contributed by atoms with Crippen LogP contribution in [-0.2, 0) is 26.7 Å². The first-order chi connectivity index (χ1) is 17.3. The molecule has 0 aliphatic rings. The Morgan fingerprint density at radius 2 is 1.51 bits per heavy atom. The molecule has 0 spiro atoms. The number of esters is 1. The van der Waals surface area contributed by atoms with E-state index in [-0.39, 0.29) is 11.6 Å². The molecule has 0 atom stereocenters. The van der Waals surface area contributed by atoms with Crippen molar-refractivity contribution in [2.75, 3.05) is 11.6 Å². The first kappa shape index (κ1) is 28.8. The number of rotatable bonds is 8. The summed E-state index contributed by atoms with van der Waals surface area (Å²) in [5.41, 5.74) is -4.77. The van der Waals surface area contributed by atoms with Crippen LogP contribution < -0.4 is 5.01 Å². The molecule has 37 heavy (non-hydrogen) atoms. The lowest BCUT2D eigenvalue weighted by Gasteiger charge is -2.19. The molecular weight excluding hydrogens is 508 g/mol. The van der Waals surface area contributed by atoms with Crippen molar-refractivity contribution >= 4 is 23.3 Å². The van der Waals surface area contributed by atoms with E-state index >= 15 is 0 Å². The van der Waals surface area contributed by atoms with Crippen molar-refractivity contribution in [3.05, 3.63) is 58.7 Å². The van der Waals surface area contributed by atoms with Gasteiger partial charge in [0.15, 0.2) is 0 Å². The fraction of sp³-hybridized carbons (Fsp3) is 0.304. The van der Waals surface area contributed by atoms with Gasteiger partial charge in [-0.2, -0.15) is 41.9 Å². The minimum Gasteiger partial charge on any atom is -0.465 e. The first-order valence-electron chi connectivity index (χ1n) is 10.4. The molecule has 0 saturated carbocycles. The Morgan fingerprint density at radius 1 is 0.946 bits per heavy atom. The molecule has 0 heterocycles. The van der Waals surface area contributed by atoms with Gasteiger partial charge in [-0.3, -0.25) is 9.59 Å². The van der Waals surface area contributed by atoms with Gasteiger partial charge in [-0.05, 0) is 42.8 Å². The maximum atomic E-state index is 13.3. The average Bonchev–Trinajstić information content (AvgIpc) is 2.82. The molecular formula is C23H17F6N5O3. The zero-order chi connectivity index (χ0) is 27.8. The molecule has 0 fully saturated rings. The Hall–Kier alpha value is -4.46. The summed E-state index contributed by atoms with van der Waals surface area (Å²) in [7, 11) is 0. The van der Waals surface area contributed by atoms with E-state index in [1.165, 1.54) is 0 Å². The Labute approximate surface area is 206 Å². The van der Waals surface area contributed by atoms with Gasteiger partial charge in [-0.1, -0.05) is 18.6 Å². The van der Waals surface area contributed by atoms with Crippen LogP contribution in [0.15, 0.2) is 46.7 Å². The fourth-order valence-corrected chi connectivity index (χ4v) is 2.77. The molecule has 14 heteroatoms. The molecule has 2 aromatic carbocycles. The van der Waals surface area contributed by atoms with E-state index in [0.717, 1.165) is 12.1 Å². The largest absolute Gasteiger partial charge is 0.465 e. The monoisotopic (exact) mass is 525 g/mol. The van der Waals surface area contributed by atoms with E-state index < -0.39 is 64.3 Å². The van der Waals surface area contributed by atoms with Gasteiger partial charge in [0.25, 0.3) is 5.91 Å². The molecule has 0 N–H and O–H groups in total. The number of hydrogen-bond acceptors (Lipinski definition) is 7. The van der Waals surface area contributed by atoms with Crippen LogP contribution in [0.4, 0.5) is 37.7 Å². The van der Waals surface area contributed by atoms with E-state index in [1.807, 2.05) is 0 Å². The van der Waals surface area contributed by atoms with Crippen molar-refractivity contribution in [2.24, 2.45) is 10.3 Å². The lowest BCUT2D eigenvalue weighted by molar-refractivity contribution is -0.146. The third-order valence-electron chi connectivity index (χ3n) is 4.65. The Balaban J connectivity index is 2.61. The standard InChI is InChI=1S/C23H17F6N5O3/c1-2-3-8-37-21(36)11-20(35)34(19-10-17(23(27,28)29)7-5-15(19)13-31)33-32-18-9-16(22(24,25)26)6-4-14(18)12-30/h4-7,9-10H,2-3,8,11H2,1H3/b33-32-. The molecule has 0 bridgehead atoms.